The Kier molecular flexibility index (Phi) is 5.61. The second-order valence-corrected chi connectivity index (χ2v) is 4.03. The predicted molar refractivity (Wildman–Crippen MR) is 69.7 cm³/mol. The first kappa shape index (κ1) is 16.4. The van der Waals surface area contributed by atoms with Crippen molar-refractivity contribution in [2.24, 2.45) is 0 Å². The van der Waals surface area contributed by atoms with Gasteiger partial charge in [-0.3, -0.25) is 10.1 Å². The Morgan fingerprint density at radius 2 is 1.90 bits per heavy atom. The third-order valence-corrected chi connectivity index (χ3v) is 2.47. The first-order valence-corrected chi connectivity index (χ1v) is 5.84. The number of benzene rings is 1. The van der Waals surface area contributed by atoms with Gasteiger partial charge in [-0.1, -0.05) is 0 Å². The number of nitrogens with one attached hydrogen (secondary N) is 1. The molecule has 1 amide bonds. The summed E-state index contributed by atoms with van der Waals surface area (Å²) in [5.74, 6) is -0.780. The molecule has 0 aromatic heterocycles. The van der Waals surface area contributed by atoms with Crippen molar-refractivity contribution < 1.29 is 29.1 Å². The van der Waals surface area contributed by atoms with Crippen LogP contribution in [0.3, 0.4) is 0 Å². The van der Waals surface area contributed by atoms with E-state index < -0.39 is 29.1 Å². The summed E-state index contributed by atoms with van der Waals surface area (Å²) < 4.78 is 9.26. The van der Waals surface area contributed by atoms with Crippen LogP contribution < -0.4 is 10.1 Å². The zero-order valence-electron chi connectivity index (χ0n) is 11.3. The molecule has 9 heteroatoms. The average molecular weight is 298 g/mol. The first-order valence-electron chi connectivity index (χ1n) is 5.84. The van der Waals surface area contributed by atoms with E-state index >= 15 is 0 Å². The molecule has 2 N–H and O–H groups in total. The Balaban J connectivity index is 2.67. The third kappa shape index (κ3) is 4.73. The molecule has 114 valence electrons. The van der Waals surface area contributed by atoms with Crippen LogP contribution in [0.1, 0.15) is 6.92 Å². The van der Waals surface area contributed by atoms with Crippen molar-refractivity contribution in [2.75, 3.05) is 7.11 Å². The number of hydrogen-bond donors (Lipinski definition) is 2. The van der Waals surface area contributed by atoms with Crippen LogP contribution in [-0.2, 0) is 9.53 Å². The highest BCUT2D eigenvalue weighted by molar-refractivity contribution is 5.82. The molecule has 9 nitrogen and oxygen atoms in total. The van der Waals surface area contributed by atoms with Gasteiger partial charge >= 0.3 is 12.1 Å². The Bertz CT molecular complexity index is 527. The van der Waals surface area contributed by atoms with E-state index in [4.69, 9.17) is 4.74 Å². The van der Waals surface area contributed by atoms with Crippen molar-refractivity contribution in [1.82, 2.24) is 5.32 Å². The minimum Gasteiger partial charge on any atom is -0.467 e. The summed E-state index contributed by atoms with van der Waals surface area (Å²) in [5, 5.41) is 22.0. The number of carbonyl (C=O) groups is 2. The van der Waals surface area contributed by atoms with Crippen LogP contribution in [0.4, 0.5) is 10.5 Å². The first-order chi connectivity index (χ1) is 9.85. The van der Waals surface area contributed by atoms with Crippen molar-refractivity contribution in [3.63, 3.8) is 0 Å². The zero-order chi connectivity index (χ0) is 16.0. The normalized spacial score (nSPS) is 12.9. The number of ether oxygens (including phenoxy) is 2. The van der Waals surface area contributed by atoms with Gasteiger partial charge in [0.25, 0.3) is 5.69 Å². The average Bonchev–Trinajstić information content (AvgIpc) is 2.44. The number of nitro groups is 1. The molecule has 1 rings (SSSR count). The van der Waals surface area contributed by atoms with Crippen LogP contribution in [0.5, 0.6) is 5.75 Å². The Labute approximate surface area is 119 Å². The lowest BCUT2D eigenvalue weighted by Crippen LogP contribution is -2.49. The maximum absolute atomic E-state index is 11.6. The number of aliphatic hydroxyl groups is 1. The van der Waals surface area contributed by atoms with Gasteiger partial charge in [-0.25, -0.2) is 9.59 Å². The number of methoxy groups -OCH3 is 1. The van der Waals surface area contributed by atoms with E-state index in [0.29, 0.717) is 0 Å². The van der Waals surface area contributed by atoms with Crippen molar-refractivity contribution in [3.8, 4) is 5.75 Å². The lowest BCUT2D eigenvalue weighted by Gasteiger charge is -2.18. The fraction of sp³-hybridized carbons (Fsp3) is 0.333. The fourth-order valence-corrected chi connectivity index (χ4v) is 1.40. The summed E-state index contributed by atoms with van der Waals surface area (Å²) >= 11 is 0. The van der Waals surface area contributed by atoms with Gasteiger partial charge in [0.2, 0.25) is 0 Å². The van der Waals surface area contributed by atoms with Gasteiger partial charge in [0.1, 0.15) is 5.75 Å². The van der Waals surface area contributed by atoms with E-state index in [1.54, 1.807) is 0 Å². The van der Waals surface area contributed by atoms with Crippen LogP contribution in [0.15, 0.2) is 24.3 Å². The summed E-state index contributed by atoms with van der Waals surface area (Å²) in [7, 11) is 1.11. The lowest BCUT2D eigenvalue weighted by atomic mass is 10.2. The van der Waals surface area contributed by atoms with E-state index in [2.05, 4.69) is 10.1 Å². The SMILES string of the molecule is COC(=O)[C@@H](NC(=O)Oc1ccc([N+](=O)[O-])cc1)C(C)O. The van der Waals surface area contributed by atoms with E-state index in [9.17, 15) is 24.8 Å². The highest BCUT2D eigenvalue weighted by Gasteiger charge is 2.27. The van der Waals surface area contributed by atoms with Crippen LogP contribution in [0.25, 0.3) is 0 Å². The fourth-order valence-electron chi connectivity index (χ4n) is 1.40. The minimum absolute atomic E-state index is 0.0484. The van der Waals surface area contributed by atoms with Crippen LogP contribution in [0, 0.1) is 10.1 Å². The molecule has 1 aromatic rings. The Hall–Kier alpha value is -2.68. The van der Waals surface area contributed by atoms with Crippen molar-refractivity contribution in [2.45, 2.75) is 19.1 Å². The van der Waals surface area contributed by atoms with Gasteiger partial charge in [0.15, 0.2) is 6.04 Å². The van der Waals surface area contributed by atoms with Gasteiger partial charge in [-0.05, 0) is 19.1 Å². The highest BCUT2D eigenvalue weighted by atomic mass is 16.6. The molecule has 0 heterocycles. The van der Waals surface area contributed by atoms with Gasteiger partial charge in [-0.2, -0.15) is 0 Å². The summed E-state index contributed by atoms with van der Waals surface area (Å²) in [4.78, 5) is 32.8. The molecule has 0 saturated carbocycles. The van der Waals surface area contributed by atoms with Crippen LogP contribution in [-0.4, -0.2) is 41.3 Å². The standard InChI is InChI=1S/C12H14N2O7/c1-7(15)10(11(16)20-2)13-12(17)21-9-5-3-8(4-6-9)14(18)19/h3-7,10,15H,1-2H3,(H,13,17)/t7?,10-/m0/s1. The van der Waals surface area contributed by atoms with Crippen LogP contribution >= 0.6 is 0 Å². The topological polar surface area (TPSA) is 128 Å². The smallest absolute Gasteiger partial charge is 0.413 e. The van der Waals surface area contributed by atoms with Gasteiger partial charge in [-0.15, -0.1) is 0 Å². The summed E-state index contributed by atoms with van der Waals surface area (Å²) in [6.45, 7) is 1.30. The number of rotatable bonds is 5. The second kappa shape index (κ2) is 7.20. The third-order valence-electron chi connectivity index (χ3n) is 2.47. The molecule has 0 bridgehead atoms. The molecule has 0 spiro atoms. The van der Waals surface area contributed by atoms with Crippen molar-refractivity contribution in [1.29, 1.82) is 0 Å². The number of aliphatic hydroxyl groups excluding tert-OH is 1. The summed E-state index contributed by atoms with van der Waals surface area (Å²) in [6, 6.07) is 3.51. The van der Waals surface area contributed by atoms with E-state index in [0.717, 1.165) is 19.2 Å². The number of hydrogen-bond acceptors (Lipinski definition) is 7. The predicted octanol–water partition coefficient (Wildman–Crippen LogP) is 0.606. The number of carbonyl (C=O) groups excluding carboxylic acids is 2. The molecule has 2 atom stereocenters. The van der Waals surface area contributed by atoms with E-state index in [1.807, 2.05) is 0 Å². The molecular formula is C12H14N2O7. The van der Waals surface area contributed by atoms with Crippen LogP contribution in [0.2, 0.25) is 0 Å². The quantitative estimate of drug-likeness (QED) is 0.463. The summed E-state index contributed by atoms with van der Waals surface area (Å²) in [5.41, 5.74) is -0.154. The number of esters is 1. The number of non-ortho nitro benzene ring substituents is 1. The maximum atomic E-state index is 11.6. The lowest BCUT2D eigenvalue weighted by molar-refractivity contribution is -0.384. The maximum Gasteiger partial charge on any atom is 0.413 e. The Morgan fingerprint density at radius 3 is 2.33 bits per heavy atom. The number of nitro benzene ring substituents is 1. The van der Waals surface area contributed by atoms with E-state index in [1.165, 1.54) is 19.1 Å². The van der Waals surface area contributed by atoms with Gasteiger partial charge in [0, 0.05) is 12.1 Å². The molecule has 0 aliphatic carbocycles. The molecule has 0 aliphatic heterocycles. The zero-order valence-corrected chi connectivity index (χ0v) is 11.3. The van der Waals surface area contributed by atoms with Crippen molar-refractivity contribution in [3.05, 3.63) is 34.4 Å². The minimum atomic E-state index is -1.28. The monoisotopic (exact) mass is 298 g/mol. The molecular weight excluding hydrogens is 284 g/mol. The molecule has 0 aliphatic rings. The molecule has 1 aromatic carbocycles. The molecule has 21 heavy (non-hydrogen) atoms. The van der Waals surface area contributed by atoms with E-state index in [-0.39, 0.29) is 11.4 Å². The number of nitrogens with zero attached hydrogens (tertiary/aromatic N) is 1. The largest absolute Gasteiger partial charge is 0.467 e. The molecule has 0 saturated heterocycles. The highest BCUT2D eigenvalue weighted by Crippen LogP contribution is 2.17. The van der Waals surface area contributed by atoms with Crippen molar-refractivity contribution >= 4 is 17.7 Å². The second-order valence-electron chi connectivity index (χ2n) is 4.03. The molecule has 0 radical (unpaired) electrons. The van der Waals surface area contributed by atoms with Gasteiger partial charge in [0.05, 0.1) is 18.1 Å². The number of amides is 1. The van der Waals surface area contributed by atoms with Gasteiger partial charge < -0.3 is 19.9 Å². The molecule has 0 fully saturated rings. The summed E-state index contributed by atoms with van der Waals surface area (Å²) in [6.07, 6.45) is -2.18. The molecule has 1 unspecified atom stereocenters. The Morgan fingerprint density at radius 1 is 1.33 bits per heavy atom.